The van der Waals surface area contributed by atoms with Gasteiger partial charge < -0.3 is 25.4 Å². The number of likely N-dealkylation sites (N-methyl/N-ethyl adjacent to an activating group) is 1. The third-order valence-electron chi connectivity index (χ3n) is 6.51. The van der Waals surface area contributed by atoms with Crippen LogP contribution in [0, 0.1) is 5.92 Å². The summed E-state index contributed by atoms with van der Waals surface area (Å²) in [6, 6.07) is 1.24. The van der Waals surface area contributed by atoms with E-state index in [1.54, 1.807) is 0 Å². The van der Waals surface area contributed by atoms with Crippen molar-refractivity contribution in [2.75, 3.05) is 34.4 Å². The van der Waals surface area contributed by atoms with Gasteiger partial charge in [-0.15, -0.1) is 0 Å². The molecule has 154 valence electrons. The third kappa shape index (κ3) is 5.11. The molecule has 6 heteroatoms. The minimum atomic E-state index is -1.02. The van der Waals surface area contributed by atoms with Crippen molar-refractivity contribution in [1.29, 1.82) is 0 Å². The Bertz CT molecular complexity index is 552. The van der Waals surface area contributed by atoms with Gasteiger partial charge in [0.2, 0.25) is 0 Å². The van der Waals surface area contributed by atoms with Crippen molar-refractivity contribution in [3.05, 3.63) is 23.4 Å². The van der Waals surface area contributed by atoms with Crippen LogP contribution in [-0.4, -0.2) is 74.8 Å². The minimum Gasteiger partial charge on any atom is -0.392 e. The zero-order chi connectivity index (χ0) is 19.4. The zero-order valence-electron chi connectivity index (χ0n) is 17.0. The summed E-state index contributed by atoms with van der Waals surface area (Å²) >= 11 is 0. The Labute approximate surface area is 163 Å². The predicted octanol–water partition coefficient (Wildman–Crippen LogP) is 1.99. The lowest BCUT2D eigenvalue weighted by atomic mass is 9.76. The second-order valence-corrected chi connectivity index (χ2v) is 8.51. The second-order valence-electron chi connectivity index (χ2n) is 8.51. The van der Waals surface area contributed by atoms with Crippen LogP contribution in [0.25, 0.3) is 0 Å². The molecule has 0 spiro atoms. The van der Waals surface area contributed by atoms with Gasteiger partial charge in [0.05, 0.1) is 12.7 Å². The third-order valence-corrected chi connectivity index (χ3v) is 6.51. The van der Waals surface area contributed by atoms with Gasteiger partial charge in [-0.25, -0.2) is 4.39 Å². The molecule has 2 aliphatic carbocycles. The number of hydrogen-bond acceptors (Lipinski definition) is 5. The van der Waals surface area contributed by atoms with Crippen LogP contribution >= 0.6 is 0 Å². The molecule has 1 heterocycles. The van der Waals surface area contributed by atoms with E-state index >= 15 is 0 Å². The maximum atomic E-state index is 12.6. The van der Waals surface area contributed by atoms with E-state index in [-0.39, 0.29) is 18.8 Å². The summed E-state index contributed by atoms with van der Waals surface area (Å²) in [7, 11) is 6.13. The number of nitrogens with zero attached hydrogens (tertiary/aromatic N) is 1. The van der Waals surface area contributed by atoms with E-state index in [4.69, 9.17) is 4.74 Å². The minimum absolute atomic E-state index is 0.00266. The second kappa shape index (κ2) is 9.50. The summed E-state index contributed by atoms with van der Waals surface area (Å²) in [6.45, 7) is -0.684. The molecule has 3 aliphatic rings. The summed E-state index contributed by atoms with van der Waals surface area (Å²) in [5.74, 6) is 0.721. The van der Waals surface area contributed by atoms with Crippen molar-refractivity contribution in [3.63, 3.8) is 0 Å². The molecule has 0 aromatic heterocycles. The van der Waals surface area contributed by atoms with Crippen LogP contribution in [0.15, 0.2) is 23.4 Å². The number of aliphatic hydroxyl groups is 1. The van der Waals surface area contributed by atoms with Crippen LogP contribution in [0.1, 0.15) is 38.5 Å². The lowest BCUT2D eigenvalue weighted by Crippen LogP contribution is -2.51. The molecular weight excluding hydrogens is 345 g/mol. The van der Waals surface area contributed by atoms with Gasteiger partial charge in [-0.2, -0.15) is 0 Å². The SMILES string of the molecule is CNC1=CCC2NC(C3=CCC(N(C)C)[C@H](OCC(O)CF)C3)CCC2C1. The molecule has 0 aromatic carbocycles. The molecule has 6 atom stereocenters. The van der Waals surface area contributed by atoms with E-state index in [2.05, 4.69) is 41.8 Å². The van der Waals surface area contributed by atoms with Crippen molar-refractivity contribution in [3.8, 4) is 0 Å². The molecule has 0 amide bonds. The molecule has 27 heavy (non-hydrogen) atoms. The van der Waals surface area contributed by atoms with Crippen LogP contribution in [0.3, 0.4) is 0 Å². The number of piperidine rings is 1. The lowest BCUT2D eigenvalue weighted by Gasteiger charge is -2.43. The van der Waals surface area contributed by atoms with Gasteiger partial charge in [0, 0.05) is 30.9 Å². The number of nitrogens with one attached hydrogen (secondary N) is 2. The summed E-state index contributed by atoms with van der Waals surface area (Å²) < 4.78 is 18.6. The van der Waals surface area contributed by atoms with Crippen LogP contribution in [0.4, 0.5) is 4.39 Å². The number of allylic oxidation sites excluding steroid dienone is 1. The predicted molar refractivity (Wildman–Crippen MR) is 106 cm³/mol. The average Bonchev–Trinajstić information content (AvgIpc) is 2.70. The number of halogens is 1. The van der Waals surface area contributed by atoms with E-state index in [0.717, 1.165) is 38.0 Å². The van der Waals surface area contributed by atoms with Crippen molar-refractivity contribution >= 4 is 0 Å². The zero-order valence-corrected chi connectivity index (χ0v) is 17.0. The van der Waals surface area contributed by atoms with E-state index in [0.29, 0.717) is 12.1 Å². The number of ether oxygens (including phenoxy) is 1. The smallest absolute Gasteiger partial charge is 0.118 e. The Morgan fingerprint density at radius 2 is 2.11 bits per heavy atom. The molecule has 3 rings (SSSR count). The summed E-state index contributed by atoms with van der Waals surface area (Å²) in [6.07, 6.45) is 10.1. The van der Waals surface area contributed by atoms with Crippen molar-refractivity contribution in [2.45, 2.75) is 68.9 Å². The normalized spacial score (nSPS) is 35.3. The Kier molecular flexibility index (Phi) is 7.31. The lowest BCUT2D eigenvalue weighted by molar-refractivity contribution is -0.0493. The first-order valence-electron chi connectivity index (χ1n) is 10.4. The number of hydrogen-bond donors (Lipinski definition) is 3. The summed E-state index contributed by atoms with van der Waals surface area (Å²) in [5.41, 5.74) is 2.80. The van der Waals surface area contributed by atoms with Gasteiger partial charge in [0.1, 0.15) is 12.8 Å². The first-order chi connectivity index (χ1) is 13.0. The maximum absolute atomic E-state index is 12.6. The molecule has 1 fully saturated rings. The summed E-state index contributed by atoms with van der Waals surface area (Å²) in [4.78, 5) is 2.18. The van der Waals surface area contributed by atoms with Crippen LogP contribution in [0.5, 0.6) is 0 Å². The van der Waals surface area contributed by atoms with Gasteiger partial charge in [-0.3, -0.25) is 0 Å². The van der Waals surface area contributed by atoms with Crippen LogP contribution in [-0.2, 0) is 4.74 Å². The Hall–Kier alpha value is -0.950. The van der Waals surface area contributed by atoms with Gasteiger partial charge in [0.15, 0.2) is 0 Å². The van der Waals surface area contributed by atoms with Gasteiger partial charge >= 0.3 is 0 Å². The highest BCUT2D eigenvalue weighted by molar-refractivity contribution is 5.21. The van der Waals surface area contributed by atoms with Crippen LogP contribution in [0.2, 0.25) is 0 Å². The van der Waals surface area contributed by atoms with Crippen LogP contribution < -0.4 is 10.6 Å². The Balaban J connectivity index is 1.62. The number of rotatable bonds is 7. The van der Waals surface area contributed by atoms with Gasteiger partial charge in [-0.1, -0.05) is 17.7 Å². The Morgan fingerprint density at radius 3 is 2.81 bits per heavy atom. The molecule has 1 aliphatic heterocycles. The Morgan fingerprint density at radius 1 is 1.30 bits per heavy atom. The first kappa shape index (κ1) is 20.8. The van der Waals surface area contributed by atoms with E-state index in [1.807, 2.05) is 7.05 Å². The molecular formula is C21H36FN3O2. The highest BCUT2D eigenvalue weighted by Gasteiger charge is 2.36. The van der Waals surface area contributed by atoms with E-state index in [9.17, 15) is 9.50 Å². The topological polar surface area (TPSA) is 56.8 Å². The maximum Gasteiger partial charge on any atom is 0.118 e. The fourth-order valence-electron chi connectivity index (χ4n) is 4.85. The fourth-order valence-corrected chi connectivity index (χ4v) is 4.85. The van der Waals surface area contributed by atoms with E-state index < -0.39 is 12.8 Å². The van der Waals surface area contributed by atoms with Crippen molar-refractivity contribution < 1.29 is 14.2 Å². The molecule has 0 saturated carbocycles. The molecule has 0 radical (unpaired) electrons. The molecule has 1 saturated heterocycles. The largest absolute Gasteiger partial charge is 0.392 e. The quantitative estimate of drug-likeness (QED) is 0.589. The standard InChI is InChI=1S/C21H36FN3O2/c1-23-16-6-8-19-14(10-16)4-7-18(24-19)15-5-9-20(25(2)3)21(11-15)27-13-17(26)12-22/h5-6,14,17-21,23-24,26H,4,7-13H2,1-3H3/t14?,17?,18?,19?,20?,21-/m1/s1. The van der Waals surface area contributed by atoms with Gasteiger partial charge in [0.25, 0.3) is 0 Å². The average molecular weight is 382 g/mol. The molecule has 5 unspecified atom stereocenters. The number of aliphatic hydroxyl groups excluding tert-OH is 1. The van der Waals surface area contributed by atoms with Crippen molar-refractivity contribution in [2.24, 2.45) is 5.92 Å². The molecule has 3 N–H and O–H groups in total. The number of alkyl halides is 1. The first-order valence-corrected chi connectivity index (χ1v) is 10.4. The highest BCUT2D eigenvalue weighted by Crippen LogP contribution is 2.36. The molecule has 0 bridgehead atoms. The van der Waals surface area contributed by atoms with Gasteiger partial charge in [-0.05, 0) is 58.5 Å². The molecule has 5 nitrogen and oxygen atoms in total. The van der Waals surface area contributed by atoms with E-state index in [1.165, 1.54) is 17.7 Å². The van der Waals surface area contributed by atoms with Crippen molar-refractivity contribution in [1.82, 2.24) is 15.5 Å². The monoisotopic (exact) mass is 381 g/mol. The fraction of sp³-hybridized carbons (Fsp3) is 0.810. The number of fused-ring (bicyclic) bond motifs is 1. The summed E-state index contributed by atoms with van der Waals surface area (Å²) in [5, 5.41) is 16.8. The highest BCUT2D eigenvalue weighted by atomic mass is 19.1. The molecule has 0 aromatic rings.